The molecule has 0 unspecified atom stereocenters. The highest BCUT2D eigenvalue weighted by Crippen LogP contribution is 2.23. The van der Waals surface area contributed by atoms with E-state index in [1.54, 1.807) is 25.8 Å². The van der Waals surface area contributed by atoms with Crippen LogP contribution in [0.2, 0.25) is 0 Å². The van der Waals surface area contributed by atoms with Crippen molar-refractivity contribution in [2.45, 2.75) is 19.4 Å². The number of carboxylic acid groups (broad SMARTS) is 1. The maximum Gasteiger partial charge on any atom is 0.354 e. The molecular formula is C14H17N3O4. The first kappa shape index (κ1) is 15.0. The zero-order valence-electron chi connectivity index (χ0n) is 12.2. The molecule has 1 N–H and O–H groups in total. The van der Waals surface area contributed by atoms with E-state index in [0.717, 1.165) is 0 Å². The number of hydrogen-bond acceptors (Lipinski definition) is 4. The Morgan fingerprint density at radius 3 is 2.48 bits per heavy atom. The molecule has 1 fully saturated rings. The Labute approximate surface area is 122 Å². The van der Waals surface area contributed by atoms with Gasteiger partial charge in [-0.3, -0.25) is 9.59 Å². The number of hydrogen-bond donors (Lipinski definition) is 1. The van der Waals surface area contributed by atoms with Crippen molar-refractivity contribution in [1.29, 1.82) is 0 Å². The van der Waals surface area contributed by atoms with Gasteiger partial charge in [-0.15, -0.1) is 0 Å². The van der Waals surface area contributed by atoms with Gasteiger partial charge in [0.2, 0.25) is 5.91 Å². The van der Waals surface area contributed by atoms with Gasteiger partial charge in [-0.2, -0.15) is 0 Å². The third kappa shape index (κ3) is 2.58. The van der Waals surface area contributed by atoms with Crippen LogP contribution in [0.5, 0.6) is 0 Å². The number of amides is 2. The third-order valence-electron chi connectivity index (χ3n) is 3.64. The molecule has 112 valence electrons. The molecule has 21 heavy (non-hydrogen) atoms. The molecular weight excluding hydrogens is 274 g/mol. The fourth-order valence-electron chi connectivity index (χ4n) is 2.38. The van der Waals surface area contributed by atoms with Crippen LogP contribution in [0.4, 0.5) is 0 Å². The van der Waals surface area contributed by atoms with Gasteiger partial charge in [0.1, 0.15) is 16.9 Å². The lowest BCUT2D eigenvalue weighted by atomic mass is 9.97. The van der Waals surface area contributed by atoms with Crippen LogP contribution in [0.15, 0.2) is 18.2 Å². The number of carbonyl (C=O) groups is 3. The minimum atomic E-state index is -1.20. The molecule has 1 aromatic heterocycles. The molecule has 0 aromatic carbocycles. The first-order valence-corrected chi connectivity index (χ1v) is 6.53. The predicted octanol–water partition coefficient (Wildman–Crippen LogP) is 0.473. The number of carbonyl (C=O) groups excluding carboxylic acids is 2. The second-order valence-corrected chi connectivity index (χ2v) is 5.46. The summed E-state index contributed by atoms with van der Waals surface area (Å²) in [7, 11) is 1.69. The fourth-order valence-corrected chi connectivity index (χ4v) is 2.38. The fraction of sp³-hybridized carbons (Fsp3) is 0.429. The average Bonchev–Trinajstić information content (AvgIpc) is 2.44. The molecule has 7 heteroatoms. The number of piperazine rings is 1. The van der Waals surface area contributed by atoms with Crippen LogP contribution in [0.3, 0.4) is 0 Å². The number of aromatic nitrogens is 1. The van der Waals surface area contributed by atoms with Crippen LogP contribution >= 0.6 is 0 Å². The van der Waals surface area contributed by atoms with E-state index < -0.39 is 17.4 Å². The van der Waals surface area contributed by atoms with Crippen molar-refractivity contribution in [3.05, 3.63) is 29.6 Å². The Bertz CT molecular complexity index is 612. The quantitative estimate of drug-likeness (QED) is 0.855. The molecule has 0 atom stereocenters. The second-order valence-electron chi connectivity index (χ2n) is 5.46. The summed E-state index contributed by atoms with van der Waals surface area (Å²) in [5, 5.41) is 8.93. The summed E-state index contributed by atoms with van der Waals surface area (Å²) < 4.78 is 0. The summed E-state index contributed by atoms with van der Waals surface area (Å²) in [4.78, 5) is 42.5. The Kier molecular flexibility index (Phi) is 3.67. The lowest BCUT2D eigenvalue weighted by molar-refractivity contribution is -0.144. The lowest BCUT2D eigenvalue weighted by Gasteiger charge is -2.44. The third-order valence-corrected chi connectivity index (χ3v) is 3.64. The minimum absolute atomic E-state index is 0.0281. The van der Waals surface area contributed by atoms with Gasteiger partial charge in [0.15, 0.2) is 0 Å². The monoisotopic (exact) mass is 291 g/mol. The van der Waals surface area contributed by atoms with Gasteiger partial charge in [-0.1, -0.05) is 6.07 Å². The SMILES string of the molecule is CN1CCN(C(=O)c2cccc(C(=O)O)n2)C(C)(C)C1=O. The van der Waals surface area contributed by atoms with Gasteiger partial charge in [0.25, 0.3) is 5.91 Å². The molecule has 0 bridgehead atoms. The van der Waals surface area contributed by atoms with Crippen LogP contribution in [0.25, 0.3) is 0 Å². The molecule has 0 radical (unpaired) electrons. The molecule has 7 nitrogen and oxygen atoms in total. The van der Waals surface area contributed by atoms with E-state index in [1.807, 2.05) is 0 Å². The smallest absolute Gasteiger partial charge is 0.354 e. The maximum atomic E-state index is 12.5. The van der Waals surface area contributed by atoms with E-state index >= 15 is 0 Å². The van der Waals surface area contributed by atoms with Crippen molar-refractivity contribution in [3.8, 4) is 0 Å². The van der Waals surface area contributed by atoms with E-state index in [4.69, 9.17) is 5.11 Å². The minimum Gasteiger partial charge on any atom is -0.477 e. The summed E-state index contributed by atoms with van der Waals surface area (Å²) in [6, 6.07) is 4.24. The Hall–Kier alpha value is -2.44. The summed E-state index contributed by atoms with van der Waals surface area (Å²) in [6.45, 7) is 4.16. The van der Waals surface area contributed by atoms with Crippen molar-refractivity contribution in [1.82, 2.24) is 14.8 Å². The van der Waals surface area contributed by atoms with Crippen LogP contribution in [-0.2, 0) is 4.79 Å². The zero-order valence-corrected chi connectivity index (χ0v) is 12.2. The van der Waals surface area contributed by atoms with Crippen molar-refractivity contribution in [2.24, 2.45) is 0 Å². The molecule has 1 aliphatic heterocycles. The Balaban J connectivity index is 2.33. The number of rotatable bonds is 2. The first-order valence-electron chi connectivity index (χ1n) is 6.53. The van der Waals surface area contributed by atoms with Gasteiger partial charge < -0.3 is 14.9 Å². The number of aromatic carboxylic acids is 1. The highest BCUT2D eigenvalue weighted by atomic mass is 16.4. The van der Waals surface area contributed by atoms with Gasteiger partial charge in [-0.25, -0.2) is 9.78 Å². The maximum absolute atomic E-state index is 12.5. The van der Waals surface area contributed by atoms with Crippen molar-refractivity contribution in [3.63, 3.8) is 0 Å². The second kappa shape index (κ2) is 5.16. The molecule has 0 aliphatic carbocycles. The van der Waals surface area contributed by atoms with Crippen LogP contribution in [-0.4, -0.2) is 63.4 Å². The highest BCUT2D eigenvalue weighted by Gasteiger charge is 2.43. The van der Waals surface area contributed by atoms with Gasteiger partial charge in [0, 0.05) is 20.1 Å². The average molecular weight is 291 g/mol. The number of carboxylic acids is 1. The van der Waals surface area contributed by atoms with Crippen molar-refractivity contribution < 1.29 is 19.5 Å². The lowest BCUT2D eigenvalue weighted by Crippen LogP contribution is -2.63. The topological polar surface area (TPSA) is 90.8 Å². The van der Waals surface area contributed by atoms with E-state index in [9.17, 15) is 14.4 Å². The summed E-state index contributed by atoms with van der Waals surface area (Å²) in [5.74, 6) is -1.79. The molecule has 1 saturated heterocycles. The molecule has 1 aromatic rings. The molecule has 0 spiro atoms. The highest BCUT2D eigenvalue weighted by molar-refractivity contribution is 5.99. The summed E-state index contributed by atoms with van der Waals surface area (Å²) in [5.41, 5.74) is -1.15. The Morgan fingerprint density at radius 1 is 1.24 bits per heavy atom. The van der Waals surface area contributed by atoms with E-state index in [1.165, 1.54) is 23.1 Å². The van der Waals surface area contributed by atoms with Gasteiger partial charge >= 0.3 is 5.97 Å². The zero-order chi connectivity index (χ0) is 15.8. The van der Waals surface area contributed by atoms with Crippen molar-refractivity contribution >= 4 is 17.8 Å². The summed E-state index contributed by atoms with van der Waals surface area (Å²) >= 11 is 0. The first-order chi connectivity index (χ1) is 9.75. The summed E-state index contributed by atoms with van der Waals surface area (Å²) in [6.07, 6.45) is 0. The number of likely N-dealkylation sites (N-methyl/N-ethyl adjacent to an activating group) is 1. The van der Waals surface area contributed by atoms with Gasteiger partial charge in [0.05, 0.1) is 0 Å². The van der Waals surface area contributed by atoms with E-state index in [-0.39, 0.29) is 17.3 Å². The van der Waals surface area contributed by atoms with Crippen LogP contribution < -0.4 is 0 Å². The van der Waals surface area contributed by atoms with E-state index in [0.29, 0.717) is 13.1 Å². The molecule has 0 saturated carbocycles. The number of nitrogens with zero attached hydrogens (tertiary/aromatic N) is 3. The van der Waals surface area contributed by atoms with Crippen LogP contribution in [0.1, 0.15) is 34.8 Å². The standard InChI is InChI=1S/C14H17N3O4/c1-14(2)13(21)16(3)7-8-17(14)11(18)9-5-4-6-10(15-9)12(19)20/h4-6H,7-8H2,1-3H3,(H,19,20). The van der Waals surface area contributed by atoms with Gasteiger partial charge in [-0.05, 0) is 26.0 Å². The molecule has 2 heterocycles. The molecule has 1 aliphatic rings. The Morgan fingerprint density at radius 2 is 1.86 bits per heavy atom. The normalized spacial score (nSPS) is 17.8. The number of pyridine rings is 1. The molecule has 2 rings (SSSR count). The van der Waals surface area contributed by atoms with Crippen molar-refractivity contribution in [2.75, 3.05) is 20.1 Å². The predicted molar refractivity (Wildman–Crippen MR) is 73.9 cm³/mol. The largest absolute Gasteiger partial charge is 0.477 e. The molecule has 2 amide bonds. The van der Waals surface area contributed by atoms with E-state index in [2.05, 4.69) is 4.98 Å². The van der Waals surface area contributed by atoms with Crippen LogP contribution in [0, 0.1) is 0 Å².